The van der Waals surface area contributed by atoms with Crippen LogP contribution in [0, 0.1) is 11.8 Å². The van der Waals surface area contributed by atoms with Gasteiger partial charge in [0, 0.05) is 29.3 Å². The molecular weight excluding hydrogens is 528 g/mol. The quantitative estimate of drug-likeness (QED) is 0.233. The minimum absolute atomic E-state index is 0.191. The van der Waals surface area contributed by atoms with Gasteiger partial charge >= 0.3 is 0 Å². The normalized spacial score (nSPS) is 18.8. The summed E-state index contributed by atoms with van der Waals surface area (Å²) < 4.78 is 4.79. The van der Waals surface area contributed by atoms with Gasteiger partial charge < -0.3 is 9.72 Å². The van der Waals surface area contributed by atoms with Crippen LogP contribution in [0.2, 0.25) is 0 Å². The average Bonchev–Trinajstić information content (AvgIpc) is 3.23. The van der Waals surface area contributed by atoms with Crippen LogP contribution in [0.25, 0.3) is 5.65 Å². The molecule has 1 aliphatic carbocycles. The Kier molecular flexibility index (Phi) is 8.59. The van der Waals surface area contributed by atoms with E-state index >= 15 is 0 Å². The van der Waals surface area contributed by atoms with Crippen LogP contribution >= 0.6 is 15.9 Å². The first-order chi connectivity index (χ1) is 17.7. The summed E-state index contributed by atoms with van der Waals surface area (Å²) in [5.41, 5.74) is 5.46. The fourth-order valence-electron chi connectivity index (χ4n) is 4.21. The molecule has 37 heavy (non-hydrogen) atoms. The fourth-order valence-corrected chi connectivity index (χ4v) is 4.70. The minimum atomic E-state index is -0.191. The van der Waals surface area contributed by atoms with E-state index in [9.17, 15) is 4.79 Å². The number of allylic oxidation sites excluding steroid dienone is 5. The van der Waals surface area contributed by atoms with Gasteiger partial charge in [-0.25, -0.2) is 4.98 Å². The van der Waals surface area contributed by atoms with Crippen molar-refractivity contribution in [3.63, 3.8) is 0 Å². The van der Waals surface area contributed by atoms with Crippen molar-refractivity contribution in [2.45, 2.75) is 53.5 Å². The fraction of sp³-hybridized carbons (Fsp3) is 0.379. The number of carbonyl (C=O) groups excluding carboxylic acids is 1. The molecule has 4 rings (SSSR count). The van der Waals surface area contributed by atoms with E-state index in [4.69, 9.17) is 4.98 Å². The third kappa shape index (κ3) is 7.16. The SMILES string of the molecule is CC=N/C(CNC(=O)c1cnn(Cc2cn3cc(C4CC4C)ccc3n2)c1)=C(C)/C=C(Br)\C=C/C(C)C. The highest BCUT2D eigenvalue weighted by Crippen LogP contribution is 2.46. The molecule has 0 aromatic carbocycles. The maximum Gasteiger partial charge on any atom is 0.254 e. The number of imidazole rings is 1. The summed E-state index contributed by atoms with van der Waals surface area (Å²) in [5, 5.41) is 7.35. The Balaban J connectivity index is 1.39. The molecule has 1 fully saturated rings. The molecule has 3 aromatic rings. The van der Waals surface area contributed by atoms with Gasteiger partial charge in [0.15, 0.2) is 0 Å². The number of hydrogen-bond donors (Lipinski definition) is 1. The van der Waals surface area contributed by atoms with Crippen LogP contribution in [0.3, 0.4) is 0 Å². The molecule has 3 heterocycles. The van der Waals surface area contributed by atoms with Crippen LogP contribution in [0.15, 0.2) is 75.9 Å². The summed E-state index contributed by atoms with van der Waals surface area (Å²) in [4.78, 5) is 22.0. The van der Waals surface area contributed by atoms with E-state index in [1.165, 1.54) is 12.0 Å². The van der Waals surface area contributed by atoms with E-state index < -0.39 is 0 Å². The molecule has 8 heteroatoms. The van der Waals surface area contributed by atoms with Gasteiger partial charge in [-0.1, -0.05) is 54.9 Å². The number of halogens is 1. The first-order valence-corrected chi connectivity index (χ1v) is 13.5. The number of fused-ring (bicyclic) bond motifs is 1. The monoisotopic (exact) mass is 562 g/mol. The molecule has 0 bridgehead atoms. The first kappa shape index (κ1) is 26.8. The van der Waals surface area contributed by atoms with Gasteiger partial charge in [-0.05, 0) is 61.3 Å². The van der Waals surface area contributed by atoms with Crippen molar-refractivity contribution in [3.8, 4) is 0 Å². The van der Waals surface area contributed by atoms with Crippen LogP contribution in [-0.4, -0.2) is 37.8 Å². The van der Waals surface area contributed by atoms with E-state index in [0.717, 1.165) is 33.0 Å². The third-order valence-electron chi connectivity index (χ3n) is 6.43. The lowest BCUT2D eigenvalue weighted by molar-refractivity contribution is 0.0956. The van der Waals surface area contributed by atoms with Gasteiger partial charge in [0.2, 0.25) is 0 Å². The van der Waals surface area contributed by atoms with Crippen LogP contribution in [0.5, 0.6) is 0 Å². The second kappa shape index (κ2) is 11.9. The molecule has 3 aromatic heterocycles. The lowest BCUT2D eigenvalue weighted by Gasteiger charge is -2.07. The smallest absolute Gasteiger partial charge is 0.254 e. The van der Waals surface area contributed by atoms with Gasteiger partial charge in [0.25, 0.3) is 5.91 Å². The van der Waals surface area contributed by atoms with Crippen molar-refractivity contribution in [1.29, 1.82) is 0 Å². The zero-order valence-corrected chi connectivity index (χ0v) is 23.7. The zero-order chi connectivity index (χ0) is 26.5. The molecule has 0 radical (unpaired) electrons. The van der Waals surface area contributed by atoms with Crippen molar-refractivity contribution < 1.29 is 4.79 Å². The Morgan fingerprint density at radius 3 is 2.78 bits per heavy atom. The second-order valence-corrected chi connectivity index (χ2v) is 11.0. The van der Waals surface area contributed by atoms with Crippen LogP contribution in [-0.2, 0) is 6.54 Å². The average molecular weight is 564 g/mol. The Hall–Kier alpha value is -3.26. The van der Waals surface area contributed by atoms with E-state index in [0.29, 0.717) is 30.5 Å². The number of amides is 1. The van der Waals surface area contributed by atoms with Gasteiger partial charge in [-0.15, -0.1) is 0 Å². The molecule has 1 amide bonds. The molecular formula is C29H35BrN6O. The molecule has 1 N–H and O–H groups in total. The maximum absolute atomic E-state index is 12.8. The number of rotatable bonds is 10. The minimum Gasteiger partial charge on any atom is -0.346 e. The summed E-state index contributed by atoms with van der Waals surface area (Å²) in [6.07, 6.45) is 16.7. The number of nitrogens with one attached hydrogen (secondary N) is 1. The van der Waals surface area contributed by atoms with Gasteiger partial charge in [-0.2, -0.15) is 5.10 Å². The lowest BCUT2D eigenvalue weighted by atomic mass is 10.1. The Bertz CT molecular complexity index is 1390. The number of aliphatic imine (C=N–C) groups is 1. The number of aromatic nitrogens is 4. The molecule has 194 valence electrons. The number of carbonyl (C=O) groups is 1. The summed E-state index contributed by atoms with van der Waals surface area (Å²) in [6, 6.07) is 4.26. The van der Waals surface area contributed by atoms with Crippen molar-refractivity contribution in [2.24, 2.45) is 16.8 Å². The number of pyridine rings is 1. The molecule has 0 saturated heterocycles. The number of hydrogen-bond acceptors (Lipinski definition) is 4. The topological polar surface area (TPSA) is 76.6 Å². The van der Waals surface area contributed by atoms with Gasteiger partial charge in [0.05, 0.1) is 36.2 Å². The van der Waals surface area contributed by atoms with E-state index in [-0.39, 0.29) is 5.91 Å². The van der Waals surface area contributed by atoms with E-state index in [2.05, 4.69) is 80.9 Å². The molecule has 0 aliphatic heterocycles. The molecule has 2 atom stereocenters. The largest absolute Gasteiger partial charge is 0.346 e. The Morgan fingerprint density at radius 1 is 1.30 bits per heavy atom. The summed E-state index contributed by atoms with van der Waals surface area (Å²) in [6.45, 7) is 11.2. The number of nitrogens with zero attached hydrogens (tertiary/aromatic N) is 5. The Morgan fingerprint density at radius 2 is 2.08 bits per heavy atom. The molecule has 1 aliphatic rings. The summed E-state index contributed by atoms with van der Waals surface area (Å²) in [5.74, 6) is 1.71. The maximum atomic E-state index is 12.8. The lowest BCUT2D eigenvalue weighted by Crippen LogP contribution is -2.25. The first-order valence-electron chi connectivity index (χ1n) is 12.8. The third-order valence-corrected chi connectivity index (χ3v) is 6.93. The zero-order valence-electron chi connectivity index (χ0n) is 22.1. The van der Waals surface area contributed by atoms with Crippen molar-refractivity contribution in [2.75, 3.05) is 6.54 Å². The highest BCUT2D eigenvalue weighted by Gasteiger charge is 2.34. The van der Waals surface area contributed by atoms with Gasteiger partial charge in [-0.3, -0.25) is 14.5 Å². The van der Waals surface area contributed by atoms with Crippen LogP contribution in [0.4, 0.5) is 0 Å². The molecule has 7 nitrogen and oxygen atoms in total. The predicted octanol–water partition coefficient (Wildman–Crippen LogP) is 6.29. The standard InChI is InChI=1S/C29H35BrN6O/c1-6-31-27(21(5)11-24(30)9-7-19(2)3)14-32-29(37)23-13-33-36(16-23)18-25-17-35-15-22(26-12-20(26)4)8-10-28(35)34-25/h6-11,13,15-17,19-20,26H,12,14,18H2,1-5H3,(H,32,37)/b9-7-,24-11+,27-21+,31-6?. The molecule has 2 unspecified atom stereocenters. The van der Waals surface area contributed by atoms with Crippen molar-refractivity contribution >= 4 is 33.7 Å². The summed E-state index contributed by atoms with van der Waals surface area (Å²) in [7, 11) is 0. The highest BCUT2D eigenvalue weighted by atomic mass is 79.9. The molecule has 0 spiro atoms. The van der Waals surface area contributed by atoms with Crippen molar-refractivity contribution in [1.82, 2.24) is 24.5 Å². The Labute approximate surface area is 227 Å². The van der Waals surface area contributed by atoms with Crippen LogP contribution < -0.4 is 5.32 Å². The second-order valence-electron chi connectivity index (χ2n) is 10.0. The highest BCUT2D eigenvalue weighted by molar-refractivity contribution is 9.11. The van der Waals surface area contributed by atoms with Gasteiger partial charge in [0.1, 0.15) is 5.65 Å². The van der Waals surface area contributed by atoms with Crippen LogP contribution in [0.1, 0.15) is 68.6 Å². The van der Waals surface area contributed by atoms with E-state index in [1.54, 1.807) is 23.3 Å². The van der Waals surface area contributed by atoms with Crippen molar-refractivity contribution in [3.05, 3.63) is 87.7 Å². The van der Waals surface area contributed by atoms with E-state index in [1.807, 2.05) is 32.2 Å². The predicted molar refractivity (Wildman–Crippen MR) is 153 cm³/mol. The molecule has 1 saturated carbocycles. The summed E-state index contributed by atoms with van der Waals surface area (Å²) >= 11 is 3.58.